The molecule has 0 spiro atoms. The molecule has 172 valence electrons. The van der Waals surface area contributed by atoms with E-state index in [9.17, 15) is 13.2 Å². The van der Waals surface area contributed by atoms with Crippen molar-refractivity contribution in [1.82, 2.24) is 4.72 Å². The third-order valence-electron chi connectivity index (χ3n) is 5.07. The number of nitrogens with one attached hydrogen (secondary N) is 2. The lowest BCUT2D eigenvalue weighted by molar-refractivity contribution is -0.118. The lowest BCUT2D eigenvalue weighted by atomic mass is 10.0. The van der Waals surface area contributed by atoms with Crippen LogP contribution in [0.25, 0.3) is 0 Å². The smallest absolute Gasteiger partial charge is 0.242 e. The zero-order valence-electron chi connectivity index (χ0n) is 17.9. The molecule has 2 aliphatic rings. The fraction of sp³-hybridized carbons (Fsp3) is 0.409. The molecule has 10 heteroatoms. The molecule has 2 aliphatic heterocycles. The van der Waals surface area contributed by atoms with Crippen molar-refractivity contribution in [3.05, 3.63) is 36.4 Å². The van der Waals surface area contributed by atoms with Crippen molar-refractivity contribution in [1.29, 1.82) is 0 Å². The summed E-state index contributed by atoms with van der Waals surface area (Å²) in [5, 5.41) is 2.76. The lowest BCUT2D eigenvalue weighted by Gasteiger charge is -2.23. The van der Waals surface area contributed by atoms with Gasteiger partial charge in [0.1, 0.15) is 19.3 Å². The predicted octanol–water partition coefficient (Wildman–Crippen LogP) is 2.56. The Hall–Kier alpha value is -2.98. The van der Waals surface area contributed by atoms with Crippen molar-refractivity contribution in [3.63, 3.8) is 0 Å². The summed E-state index contributed by atoms with van der Waals surface area (Å²) in [4.78, 5) is 13.0. The highest BCUT2D eigenvalue weighted by atomic mass is 32.2. The Bertz CT molecular complexity index is 1100. The SMILES string of the molecule is CC(C)C(NS(=O)(=O)c1ccc2c(c1)OCCCO2)C(=O)Nc1ccc2c(c1)OCCO2. The molecule has 0 saturated carbocycles. The minimum absolute atomic E-state index is 0.000436. The molecule has 0 aliphatic carbocycles. The highest BCUT2D eigenvalue weighted by Crippen LogP contribution is 2.33. The number of fused-ring (bicyclic) bond motifs is 2. The molecule has 0 bridgehead atoms. The average molecular weight is 463 g/mol. The summed E-state index contributed by atoms with van der Waals surface area (Å²) >= 11 is 0. The van der Waals surface area contributed by atoms with Gasteiger partial charge >= 0.3 is 0 Å². The summed E-state index contributed by atoms with van der Waals surface area (Å²) in [5.41, 5.74) is 0.486. The summed E-state index contributed by atoms with van der Waals surface area (Å²) in [6, 6.07) is 8.46. The monoisotopic (exact) mass is 462 g/mol. The lowest BCUT2D eigenvalue weighted by Crippen LogP contribution is -2.47. The Morgan fingerprint density at radius 3 is 2.16 bits per heavy atom. The highest BCUT2D eigenvalue weighted by molar-refractivity contribution is 7.89. The van der Waals surface area contributed by atoms with Gasteiger partial charge < -0.3 is 24.3 Å². The molecule has 9 nitrogen and oxygen atoms in total. The Morgan fingerprint density at radius 1 is 0.844 bits per heavy atom. The normalized spacial score (nSPS) is 16.2. The maximum Gasteiger partial charge on any atom is 0.242 e. The second-order valence-electron chi connectivity index (χ2n) is 7.85. The second kappa shape index (κ2) is 9.25. The van der Waals surface area contributed by atoms with Crippen LogP contribution in [-0.2, 0) is 14.8 Å². The van der Waals surface area contributed by atoms with Gasteiger partial charge in [-0.2, -0.15) is 4.72 Å². The van der Waals surface area contributed by atoms with Gasteiger partial charge in [-0.15, -0.1) is 0 Å². The number of amides is 1. The van der Waals surface area contributed by atoms with Crippen LogP contribution < -0.4 is 29.0 Å². The Labute approximate surface area is 187 Å². The van der Waals surface area contributed by atoms with E-state index in [2.05, 4.69) is 10.0 Å². The summed E-state index contributed by atoms with van der Waals surface area (Å²) in [6.07, 6.45) is 0.713. The number of hydrogen-bond acceptors (Lipinski definition) is 7. The van der Waals surface area contributed by atoms with Crippen LogP contribution in [-0.4, -0.2) is 46.8 Å². The van der Waals surface area contributed by atoms with E-state index in [0.29, 0.717) is 61.5 Å². The molecular weight excluding hydrogens is 436 g/mol. The van der Waals surface area contributed by atoms with Crippen LogP contribution in [0.3, 0.4) is 0 Å². The molecule has 0 fully saturated rings. The van der Waals surface area contributed by atoms with Gasteiger partial charge in [0.2, 0.25) is 15.9 Å². The molecule has 0 saturated heterocycles. The van der Waals surface area contributed by atoms with Gasteiger partial charge in [-0.3, -0.25) is 4.79 Å². The molecule has 32 heavy (non-hydrogen) atoms. The Kier molecular flexibility index (Phi) is 6.43. The number of benzene rings is 2. The van der Waals surface area contributed by atoms with Crippen molar-refractivity contribution in [2.75, 3.05) is 31.7 Å². The standard InChI is InChI=1S/C22H26N2O7S/c1-14(2)21(22(25)23-15-4-6-17-19(12-15)31-11-10-30-17)24-32(26,27)16-5-7-18-20(13-16)29-9-3-8-28-18/h4-7,12-14,21,24H,3,8-11H2,1-2H3,(H,23,25). The number of hydrogen-bond donors (Lipinski definition) is 2. The first-order valence-corrected chi connectivity index (χ1v) is 11.9. The van der Waals surface area contributed by atoms with E-state index in [1.54, 1.807) is 38.1 Å². The van der Waals surface area contributed by atoms with Gasteiger partial charge in [-0.1, -0.05) is 13.8 Å². The quantitative estimate of drug-likeness (QED) is 0.678. The number of carbonyl (C=O) groups excluding carboxylic acids is 1. The third kappa shape index (κ3) is 4.91. The van der Waals surface area contributed by atoms with Gasteiger partial charge in [0, 0.05) is 24.2 Å². The van der Waals surface area contributed by atoms with Crippen LogP contribution in [0.2, 0.25) is 0 Å². The van der Waals surface area contributed by atoms with Gasteiger partial charge in [0.25, 0.3) is 0 Å². The molecule has 2 N–H and O–H groups in total. The number of carbonyl (C=O) groups is 1. The molecule has 1 atom stereocenters. The van der Waals surface area contributed by atoms with Crippen LogP contribution >= 0.6 is 0 Å². The first-order chi connectivity index (χ1) is 15.3. The second-order valence-corrected chi connectivity index (χ2v) is 9.56. The van der Waals surface area contributed by atoms with Gasteiger partial charge in [0.05, 0.1) is 18.1 Å². The van der Waals surface area contributed by atoms with E-state index >= 15 is 0 Å². The number of ether oxygens (including phenoxy) is 4. The van der Waals surface area contributed by atoms with Crippen LogP contribution in [0.15, 0.2) is 41.3 Å². The molecule has 1 unspecified atom stereocenters. The average Bonchev–Trinajstić information content (AvgIpc) is 3.02. The number of rotatable bonds is 6. The van der Waals surface area contributed by atoms with Crippen molar-refractivity contribution >= 4 is 21.6 Å². The molecule has 2 heterocycles. The molecule has 1 amide bonds. The van der Waals surface area contributed by atoms with Crippen LogP contribution in [0.5, 0.6) is 23.0 Å². The molecule has 4 rings (SSSR count). The van der Waals surface area contributed by atoms with E-state index in [-0.39, 0.29) is 10.8 Å². The minimum Gasteiger partial charge on any atom is -0.490 e. The summed E-state index contributed by atoms with van der Waals surface area (Å²) in [7, 11) is -3.99. The fourth-order valence-electron chi connectivity index (χ4n) is 3.38. The molecule has 0 radical (unpaired) electrons. The van der Waals surface area contributed by atoms with Crippen molar-refractivity contribution in [2.45, 2.75) is 31.2 Å². The molecular formula is C22H26N2O7S. The summed E-state index contributed by atoms with van der Waals surface area (Å²) in [6.45, 7) is 5.38. The Morgan fingerprint density at radius 2 is 1.44 bits per heavy atom. The zero-order valence-corrected chi connectivity index (χ0v) is 18.7. The first-order valence-electron chi connectivity index (χ1n) is 10.5. The maximum atomic E-state index is 13.0. The van der Waals surface area contributed by atoms with Crippen LogP contribution in [0, 0.1) is 5.92 Å². The van der Waals surface area contributed by atoms with E-state index in [4.69, 9.17) is 18.9 Å². The minimum atomic E-state index is -3.99. The van der Waals surface area contributed by atoms with E-state index in [0.717, 1.165) is 0 Å². The number of sulfonamides is 1. The fourth-order valence-corrected chi connectivity index (χ4v) is 4.74. The third-order valence-corrected chi connectivity index (χ3v) is 6.51. The first kappa shape index (κ1) is 22.2. The predicted molar refractivity (Wildman–Crippen MR) is 117 cm³/mol. The highest BCUT2D eigenvalue weighted by Gasteiger charge is 2.29. The van der Waals surface area contributed by atoms with Gasteiger partial charge in [0.15, 0.2) is 23.0 Å². The van der Waals surface area contributed by atoms with E-state index in [1.165, 1.54) is 12.1 Å². The molecule has 2 aromatic rings. The van der Waals surface area contributed by atoms with Crippen molar-refractivity contribution in [2.24, 2.45) is 5.92 Å². The van der Waals surface area contributed by atoms with E-state index < -0.39 is 22.0 Å². The van der Waals surface area contributed by atoms with Crippen molar-refractivity contribution in [3.8, 4) is 23.0 Å². The number of anilines is 1. The maximum absolute atomic E-state index is 13.0. The molecule has 2 aromatic carbocycles. The van der Waals surface area contributed by atoms with Crippen LogP contribution in [0.1, 0.15) is 20.3 Å². The van der Waals surface area contributed by atoms with Crippen molar-refractivity contribution < 1.29 is 32.2 Å². The van der Waals surface area contributed by atoms with E-state index in [1.807, 2.05) is 0 Å². The van der Waals surface area contributed by atoms with Gasteiger partial charge in [-0.25, -0.2) is 8.42 Å². The zero-order chi connectivity index (χ0) is 22.7. The topological polar surface area (TPSA) is 112 Å². The largest absolute Gasteiger partial charge is 0.490 e. The summed E-state index contributed by atoms with van der Waals surface area (Å²) < 4.78 is 50.8. The van der Waals surface area contributed by atoms with Gasteiger partial charge in [-0.05, 0) is 30.2 Å². The Balaban J connectivity index is 1.51. The molecule has 0 aromatic heterocycles. The van der Waals surface area contributed by atoms with Crippen LogP contribution in [0.4, 0.5) is 5.69 Å². The summed E-state index contributed by atoms with van der Waals surface area (Å²) in [5.74, 6) is 1.22.